The summed E-state index contributed by atoms with van der Waals surface area (Å²) in [6, 6.07) is 3.85. The lowest BCUT2D eigenvalue weighted by Crippen LogP contribution is -2.22. The highest BCUT2D eigenvalue weighted by atomic mass is 35.5. The lowest BCUT2D eigenvalue weighted by atomic mass is 10.1. The first-order chi connectivity index (χ1) is 9.13. The van der Waals surface area contributed by atoms with Gasteiger partial charge >= 0.3 is 0 Å². The lowest BCUT2D eigenvalue weighted by molar-refractivity contribution is 0.354. The molecule has 1 rings (SSSR count). The molecule has 0 saturated carbocycles. The van der Waals surface area contributed by atoms with E-state index in [0.717, 1.165) is 24.4 Å². The lowest BCUT2D eigenvalue weighted by Gasteiger charge is -2.15. The zero-order valence-electron chi connectivity index (χ0n) is 12.0. The van der Waals surface area contributed by atoms with Crippen molar-refractivity contribution in [3.05, 3.63) is 22.7 Å². The molecule has 0 bridgehead atoms. The standard InChI is InChI=1S/C14H22ClNO2S/c1-10(9-19-4)7-16-8-11-5-6-12(17-2)14(18-3)13(11)15/h5-6,10,16H,7-9H2,1-4H3. The van der Waals surface area contributed by atoms with Crippen LogP contribution in [0.5, 0.6) is 11.5 Å². The fraction of sp³-hybridized carbons (Fsp3) is 0.571. The van der Waals surface area contributed by atoms with Crippen LogP contribution in [0.15, 0.2) is 12.1 Å². The molecule has 0 aromatic heterocycles. The largest absolute Gasteiger partial charge is 0.493 e. The van der Waals surface area contributed by atoms with E-state index >= 15 is 0 Å². The van der Waals surface area contributed by atoms with Gasteiger partial charge in [0.1, 0.15) is 0 Å². The van der Waals surface area contributed by atoms with Crippen LogP contribution in [0.2, 0.25) is 5.02 Å². The third-order valence-electron chi connectivity index (χ3n) is 2.82. The highest BCUT2D eigenvalue weighted by molar-refractivity contribution is 7.98. The van der Waals surface area contributed by atoms with Crippen LogP contribution < -0.4 is 14.8 Å². The molecule has 19 heavy (non-hydrogen) atoms. The second-order valence-electron chi connectivity index (χ2n) is 4.47. The Morgan fingerprint density at radius 1 is 1.32 bits per heavy atom. The average Bonchev–Trinajstić information content (AvgIpc) is 2.40. The average molecular weight is 304 g/mol. The molecule has 0 heterocycles. The number of methoxy groups -OCH3 is 2. The Labute approximate surface area is 125 Å². The van der Waals surface area contributed by atoms with Gasteiger partial charge in [0.05, 0.1) is 19.2 Å². The van der Waals surface area contributed by atoms with Gasteiger partial charge in [-0.05, 0) is 36.1 Å². The minimum atomic E-state index is 0.598. The van der Waals surface area contributed by atoms with E-state index in [9.17, 15) is 0 Å². The van der Waals surface area contributed by atoms with Gasteiger partial charge in [-0.2, -0.15) is 11.8 Å². The summed E-state index contributed by atoms with van der Waals surface area (Å²) in [5, 5.41) is 4.04. The summed E-state index contributed by atoms with van der Waals surface area (Å²) < 4.78 is 10.5. The molecule has 0 aliphatic carbocycles. The van der Waals surface area contributed by atoms with E-state index in [1.807, 2.05) is 23.9 Å². The molecule has 5 heteroatoms. The minimum absolute atomic E-state index is 0.598. The predicted molar refractivity (Wildman–Crippen MR) is 83.8 cm³/mol. The molecule has 0 fully saturated rings. The molecule has 1 aromatic carbocycles. The Morgan fingerprint density at radius 3 is 2.63 bits per heavy atom. The summed E-state index contributed by atoms with van der Waals surface area (Å²) in [5.41, 5.74) is 1.02. The maximum atomic E-state index is 6.32. The number of hydrogen-bond acceptors (Lipinski definition) is 4. The van der Waals surface area contributed by atoms with Gasteiger partial charge in [-0.3, -0.25) is 0 Å². The molecule has 108 valence electrons. The molecule has 1 N–H and O–H groups in total. The van der Waals surface area contributed by atoms with Gasteiger partial charge in [0.15, 0.2) is 11.5 Å². The molecule has 1 unspecified atom stereocenters. The Hall–Kier alpha value is -0.580. The SMILES string of the molecule is COc1ccc(CNCC(C)CSC)c(Cl)c1OC. The van der Waals surface area contributed by atoms with Gasteiger partial charge in [-0.25, -0.2) is 0 Å². The molecule has 0 aliphatic heterocycles. The Bertz CT molecular complexity index is 401. The van der Waals surface area contributed by atoms with Crippen molar-refractivity contribution in [3.8, 4) is 11.5 Å². The van der Waals surface area contributed by atoms with Crippen LogP contribution in [-0.2, 0) is 6.54 Å². The van der Waals surface area contributed by atoms with Crippen LogP contribution in [0.4, 0.5) is 0 Å². The van der Waals surface area contributed by atoms with Gasteiger partial charge in [-0.15, -0.1) is 0 Å². The highest BCUT2D eigenvalue weighted by Gasteiger charge is 2.12. The van der Waals surface area contributed by atoms with Crippen molar-refractivity contribution in [2.45, 2.75) is 13.5 Å². The highest BCUT2D eigenvalue weighted by Crippen LogP contribution is 2.37. The molecule has 0 aliphatic rings. The van der Waals surface area contributed by atoms with E-state index in [1.165, 1.54) is 0 Å². The van der Waals surface area contributed by atoms with Gasteiger partial charge in [0.25, 0.3) is 0 Å². The summed E-state index contributed by atoms with van der Waals surface area (Å²) in [4.78, 5) is 0. The number of halogens is 1. The van der Waals surface area contributed by atoms with Gasteiger partial charge in [0.2, 0.25) is 0 Å². The number of nitrogens with one attached hydrogen (secondary N) is 1. The Balaban J connectivity index is 2.64. The van der Waals surface area contributed by atoms with Gasteiger partial charge in [-0.1, -0.05) is 24.6 Å². The predicted octanol–water partition coefficient (Wildman–Crippen LogP) is 3.45. The fourth-order valence-electron chi connectivity index (χ4n) is 1.86. The molecule has 0 spiro atoms. The Kier molecular flexibility index (Phi) is 7.42. The zero-order valence-corrected chi connectivity index (χ0v) is 13.5. The Morgan fingerprint density at radius 2 is 2.05 bits per heavy atom. The first kappa shape index (κ1) is 16.5. The third kappa shape index (κ3) is 4.79. The van der Waals surface area contributed by atoms with E-state index in [2.05, 4.69) is 18.5 Å². The van der Waals surface area contributed by atoms with E-state index < -0.39 is 0 Å². The third-order valence-corrected chi connectivity index (χ3v) is 4.14. The molecule has 0 radical (unpaired) electrons. The molecule has 3 nitrogen and oxygen atoms in total. The minimum Gasteiger partial charge on any atom is -0.493 e. The topological polar surface area (TPSA) is 30.5 Å². The monoisotopic (exact) mass is 303 g/mol. The maximum absolute atomic E-state index is 6.32. The van der Waals surface area contributed by atoms with Crippen LogP contribution >= 0.6 is 23.4 Å². The number of thioether (sulfide) groups is 1. The van der Waals surface area contributed by atoms with Crippen LogP contribution in [0, 0.1) is 5.92 Å². The number of rotatable bonds is 8. The molecule has 0 saturated heterocycles. The van der Waals surface area contributed by atoms with E-state index in [-0.39, 0.29) is 0 Å². The van der Waals surface area contributed by atoms with Crippen LogP contribution in [-0.4, -0.2) is 32.8 Å². The van der Waals surface area contributed by atoms with Gasteiger partial charge in [0, 0.05) is 6.54 Å². The van der Waals surface area contributed by atoms with Crippen LogP contribution in [0.3, 0.4) is 0 Å². The first-order valence-corrected chi connectivity index (χ1v) is 8.00. The quantitative estimate of drug-likeness (QED) is 0.797. The summed E-state index contributed by atoms with van der Waals surface area (Å²) in [7, 11) is 3.21. The van der Waals surface area contributed by atoms with Crippen molar-refractivity contribution in [3.63, 3.8) is 0 Å². The molecular weight excluding hydrogens is 282 g/mol. The summed E-state index contributed by atoms with van der Waals surface area (Å²) >= 11 is 8.19. The van der Waals surface area contributed by atoms with Crippen molar-refractivity contribution in [1.82, 2.24) is 5.32 Å². The normalized spacial score (nSPS) is 12.3. The molecular formula is C14H22ClNO2S. The summed E-state index contributed by atoms with van der Waals surface area (Å²) in [5.74, 6) is 3.06. The molecule has 1 atom stereocenters. The van der Waals surface area contributed by atoms with Crippen molar-refractivity contribution in [2.75, 3.05) is 32.8 Å². The molecule has 1 aromatic rings. The van der Waals surface area contributed by atoms with Gasteiger partial charge < -0.3 is 14.8 Å². The second-order valence-corrected chi connectivity index (χ2v) is 5.75. The smallest absolute Gasteiger partial charge is 0.179 e. The van der Waals surface area contributed by atoms with Crippen LogP contribution in [0.25, 0.3) is 0 Å². The first-order valence-electron chi connectivity index (χ1n) is 6.23. The van der Waals surface area contributed by atoms with Crippen molar-refractivity contribution < 1.29 is 9.47 Å². The second kappa shape index (κ2) is 8.56. The summed E-state index contributed by atoms with van der Waals surface area (Å²) in [6.07, 6.45) is 2.13. The van der Waals surface area contributed by atoms with Crippen molar-refractivity contribution >= 4 is 23.4 Å². The maximum Gasteiger partial charge on any atom is 0.179 e. The van der Waals surface area contributed by atoms with E-state index in [1.54, 1.807) is 14.2 Å². The van der Waals surface area contributed by atoms with Crippen molar-refractivity contribution in [1.29, 1.82) is 0 Å². The summed E-state index contributed by atoms with van der Waals surface area (Å²) in [6.45, 7) is 3.95. The van der Waals surface area contributed by atoms with E-state index in [0.29, 0.717) is 22.4 Å². The number of hydrogen-bond donors (Lipinski definition) is 1. The fourth-order valence-corrected chi connectivity index (χ4v) is 2.85. The zero-order chi connectivity index (χ0) is 14.3. The van der Waals surface area contributed by atoms with Crippen molar-refractivity contribution in [2.24, 2.45) is 5.92 Å². The number of benzene rings is 1. The van der Waals surface area contributed by atoms with Crippen LogP contribution in [0.1, 0.15) is 12.5 Å². The van der Waals surface area contributed by atoms with E-state index in [4.69, 9.17) is 21.1 Å². The molecule has 0 amide bonds. The number of ether oxygens (including phenoxy) is 2.